The van der Waals surface area contributed by atoms with Crippen LogP contribution in [0.2, 0.25) is 5.02 Å². The maximum absolute atomic E-state index is 13.6. The van der Waals surface area contributed by atoms with E-state index < -0.39 is 6.04 Å². The van der Waals surface area contributed by atoms with Gasteiger partial charge in [-0.1, -0.05) is 35.9 Å². The van der Waals surface area contributed by atoms with Gasteiger partial charge in [-0.3, -0.25) is 0 Å². The van der Waals surface area contributed by atoms with Crippen LogP contribution < -0.4 is 10.5 Å². The van der Waals surface area contributed by atoms with E-state index in [4.69, 9.17) is 22.1 Å². The fraction of sp³-hybridized carbons (Fsp3) is 0.143. The molecular formula is C14H13ClFNO. The molecule has 0 fully saturated rings. The third-order valence-electron chi connectivity index (χ3n) is 2.78. The van der Waals surface area contributed by atoms with E-state index in [0.717, 1.165) is 5.56 Å². The van der Waals surface area contributed by atoms with Gasteiger partial charge in [-0.05, 0) is 23.8 Å². The van der Waals surface area contributed by atoms with Gasteiger partial charge in [0, 0.05) is 5.56 Å². The Labute approximate surface area is 110 Å². The highest BCUT2D eigenvalue weighted by Crippen LogP contribution is 2.29. The van der Waals surface area contributed by atoms with Crippen LogP contribution >= 0.6 is 11.6 Å². The minimum absolute atomic E-state index is 0.322. The Morgan fingerprint density at radius 3 is 2.56 bits per heavy atom. The summed E-state index contributed by atoms with van der Waals surface area (Å²) >= 11 is 6.03. The quantitative estimate of drug-likeness (QED) is 0.921. The average molecular weight is 266 g/mol. The van der Waals surface area contributed by atoms with Crippen molar-refractivity contribution in [3.63, 3.8) is 0 Å². The van der Waals surface area contributed by atoms with Crippen molar-refractivity contribution >= 4 is 11.6 Å². The molecular weight excluding hydrogens is 253 g/mol. The van der Waals surface area contributed by atoms with Crippen LogP contribution in [0.15, 0.2) is 42.5 Å². The van der Waals surface area contributed by atoms with Crippen LogP contribution in [-0.2, 0) is 0 Å². The number of methoxy groups -OCH3 is 1. The normalized spacial score (nSPS) is 12.2. The van der Waals surface area contributed by atoms with E-state index in [0.29, 0.717) is 16.3 Å². The maximum atomic E-state index is 13.6. The Morgan fingerprint density at radius 2 is 1.94 bits per heavy atom. The molecule has 2 aromatic carbocycles. The fourth-order valence-electron chi connectivity index (χ4n) is 1.78. The number of ether oxygens (including phenoxy) is 1. The third kappa shape index (κ3) is 2.47. The van der Waals surface area contributed by atoms with Crippen molar-refractivity contribution in [3.8, 4) is 5.75 Å². The van der Waals surface area contributed by atoms with Gasteiger partial charge in [0.25, 0.3) is 0 Å². The van der Waals surface area contributed by atoms with Crippen molar-refractivity contribution < 1.29 is 9.13 Å². The predicted molar refractivity (Wildman–Crippen MR) is 70.4 cm³/mol. The molecule has 0 aromatic heterocycles. The lowest BCUT2D eigenvalue weighted by molar-refractivity contribution is 0.415. The molecule has 0 aliphatic carbocycles. The number of nitrogens with two attached hydrogens (primary N) is 1. The van der Waals surface area contributed by atoms with Crippen molar-refractivity contribution in [2.24, 2.45) is 5.73 Å². The molecule has 0 radical (unpaired) electrons. The first kappa shape index (κ1) is 12.9. The molecule has 0 spiro atoms. The molecule has 1 atom stereocenters. The number of benzene rings is 2. The van der Waals surface area contributed by atoms with E-state index in [9.17, 15) is 4.39 Å². The summed E-state index contributed by atoms with van der Waals surface area (Å²) in [5, 5.41) is 0.460. The summed E-state index contributed by atoms with van der Waals surface area (Å²) in [6, 6.07) is 11.1. The molecule has 94 valence electrons. The van der Waals surface area contributed by atoms with Crippen LogP contribution in [0.4, 0.5) is 4.39 Å². The highest BCUT2D eigenvalue weighted by Gasteiger charge is 2.14. The number of hydrogen-bond acceptors (Lipinski definition) is 2. The van der Waals surface area contributed by atoms with Gasteiger partial charge >= 0.3 is 0 Å². The first-order chi connectivity index (χ1) is 8.63. The predicted octanol–water partition coefficient (Wildman–Crippen LogP) is 3.54. The second kappa shape index (κ2) is 5.38. The minimum atomic E-state index is -0.547. The summed E-state index contributed by atoms with van der Waals surface area (Å²) in [5.41, 5.74) is 7.22. The van der Waals surface area contributed by atoms with Gasteiger partial charge in [0.15, 0.2) is 0 Å². The summed E-state index contributed by atoms with van der Waals surface area (Å²) < 4.78 is 18.7. The van der Waals surface area contributed by atoms with E-state index in [1.54, 1.807) is 36.4 Å². The summed E-state index contributed by atoms with van der Waals surface area (Å²) in [6.07, 6.45) is 0. The first-order valence-electron chi connectivity index (χ1n) is 5.47. The van der Waals surface area contributed by atoms with Crippen LogP contribution in [0.3, 0.4) is 0 Å². The van der Waals surface area contributed by atoms with Crippen LogP contribution in [0, 0.1) is 5.82 Å². The number of hydrogen-bond donors (Lipinski definition) is 1. The molecule has 0 aliphatic heterocycles. The molecule has 0 heterocycles. The second-order valence-corrected chi connectivity index (χ2v) is 4.30. The van der Waals surface area contributed by atoms with Gasteiger partial charge in [0.05, 0.1) is 18.2 Å². The molecule has 2 aromatic rings. The first-order valence-corrected chi connectivity index (χ1v) is 5.84. The zero-order valence-corrected chi connectivity index (χ0v) is 10.6. The summed E-state index contributed by atoms with van der Waals surface area (Å²) in [4.78, 5) is 0. The van der Waals surface area contributed by atoms with E-state index in [-0.39, 0.29) is 5.82 Å². The van der Waals surface area contributed by atoms with Crippen molar-refractivity contribution in [2.45, 2.75) is 6.04 Å². The number of rotatable bonds is 3. The molecule has 4 heteroatoms. The Hall–Kier alpha value is -1.58. The van der Waals surface area contributed by atoms with E-state index >= 15 is 0 Å². The monoisotopic (exact) mass is 265 g/mol. The Kier molecular flexibility index (Phi) is 3.84. The van der Waals surface area contributed by atoms with Crippen molar-refractivity contribution in [1.29, 1.82) is 0 Å². The van der Waals surface area contributed by atoms with E-state index in [2.05, 4.69) is 0 Å². The molecule has 2 N–H and O–H groups in total. The molecule has 2 nitrogen and oxygen atoms in total. The SMILES string of the molecule is COc1ccc(C(N)c2ccccc2F)cc1Cl. The highest BCUT2D eigenvalue weighted by atomic mass is 35.5. The fourth-order valence-corrected chi connectivity index (χ4v) is 2.05. The lowest BCUT2D eigenvalue weighted by Crippen LogP contribution is -2.13. The Bertz CT molecular complexity index is 559. The van der Waals surface area contributed by atoms with Gasteiger partial charge in [-0.25, -0.2) is 4.39 Å². The summed E-state index contributed by atoms with van der Waals surface area (Å²) in [7, 11) is 1.54. The minimum Gasteiger partial charge on any atom is -0.495 e. The molecule has 0 saturated heterocycles. The average Bonchev–Trinajstić information content (AvgIpc) is 2.38. The van der Waals surface area contributed by atoms with Gasteiger partial charge in [-0.2, -0.15) is 0 Å². The largest absolute Gasteiger partial charge is 0.495 e. The summed E-state index contributed by atoms with van der Waals surface area (Å²) in [5.74, 6) is 0.248. The zero-order chi connectivity index (χ0) is 13.1. The van der Waals surface area contributed by atoms with Crippen molar-refractivity contribution in [1.82, 2.24) is 0 Å². The van der Waals surface area contributed by atoms with Gasteiger partial charge in [0.2, 0.25) is 0 Å². The molecule has 18 heavy (non-hydrogen) atoms. The molecule has 0 aliphatic rings. The molecule has 0 saturated carbocycles. The number of halogens is 2. The van der Waals surface area contributed by atoms with Gasteiger partial charge in [0.1, 0.15) is 11.6 Å². The Balaban J connectivity index is 2.37. The molecule has 2 rings (SSSR count). The van der Waals surface area contributed by atoms with Crippen LogP contribution in [-0.4, -0.2) is 7.11 Å². The van der Waals surface area contributed by atoms with Gasteiger partial charge in [-0.15, -0.1) is 0 Å². The van der Waals surface area contributed by atoms with Gasteiger partial charge < -0.3 is 10.5 Å². The zero-order valence-electron chi connectivity index (χ0n) is 9.86. The third-order valence-corrected chi connectivity index (χ3v) is 3.07. The maximum Gasteiger partial charge on any atom is 0.137 e. The van der Waals surface area contributed by atoms with Crippen LogP contribution in [0.5, 0.6) is 5.75 Å². The Morgan fingerprint density at radius 1 is 1.22 bits per heavy atom. The molecule has 1 unspecified atom stereocenters. The smallest absolute Gasteiger partial charge is 0.137 e. The lowest BCUT2D eigenvalue weighted by Gasteiger charge is -2.14. The summed E-state index contributed by atoms with van der Waals surface area (Å²) in [6.45, 7) is 0. The highest BCUT2D eigenvalue weighted by molar-refractivity contribution is 6.32. The lowest BCUT2D eigenvalue weighted by atomic mass is 9.99. The van der Waals surface area contributed by atoms with E-state index in [1.165, 1.54) is 13.2 Å². The molecule has 0 bridgehead atoms. The molecule has 0 amide bonds. The van der Waals surface area contributed by atoms with E-state index in [1.807, 2.05) is 0 Å². The van der Waals surface area contributed by atoms with Crippen LogP contribution in [0.25, 0.3) is 0 Å². The van der Waals surface area contributed by atoms with Crippen LogP contribution in [0.1, 0.15) is 17.2 Å². The van der Waals surface area contributed by atoms with Crippen molar-refractivity contribution in [2.75, 3.05) is 7.11 Å². The standard InChI is InChI=1S/C14H13ClFNO/c1-18-13-7-6-9(8-11(13)15)14(17)10-4-2-3-5-12(10)16/h2-8,14H,17H2,1H3. The second-order valence-electron chi connectivity index (χ2n) is 3.89. The topological polar surface area (TPSA) is 35.2 Å². The van der Waals surface area contributed by atoms with Crippen molar-refractivity contribution in [3.05, 3.63) is 64.4 Å².